The first-order valence-electron chi connectivity index (χ1n) is 10.1. The number of likely N-dealkylation sites (tertiary alicyclic amines) is 1. The van der Waals surface area contributed by atoms with Crippen molar-refractivity contribution in [3.63, 3.8) is 0 Å². The van der Waals surface area contributed by atoms with Crippen LogP contribution in [0.15, 0.2) is 30.3 Å². The summed E-state index contributed by atoms with van der Waals surface area (Å²) in [7, 11) is 3.60. The molecule has 174 valence electrons. The summed E-state index contributed by atoms with van der Waals surface area (Å²) in [6, 6.07) is 10.3. The smallest absolute Gasteiger partial charge is 0.475 e. The zero-order valence-corrected chi connectivity index (χ0v) is 17.7. The highest BCUT2D eigenvalue weighted by Crippen LogP contribution is 2.34. The summed E-state index contributed by atoms with van der Waals surface area (Å²) in [5.74, 6) is -2.03. The molecular formula is C21H29F3N2O5. The third kappa shape index (κ3) is 8.47. The fourth-order valence-electron chi connectivity index (χ4n) is 3.60. The molecule has 1 N–H and O–H groups in total. The number of amides is 1. The maximum Gasteiger partial charge on any atom is 0.490 e. The van der Waals surface area contributed by atoms with E-state index in [0.29, 0.717) is 25.0 Å². The second kappa shape index (κ2) is 11.4. The van der Waals surface area contributed by atoms with Crippen molar-refractivity contribution >= 4 is 11.9 Å². The number of benzene rings is 1. The SMILES string of the molecule is CN(C)C(=O)C[C@@H]1C[C@H]2CN(CCOCc3ccccc3)C[C@H]2O1.O=C(O)C(F)(F)F. The van der Waals surface area contributed by atoms with Crippen LogP contribution >= 0.6 is 0 Å². The average molecular weight is 446 g/mol. The summed E-state index contributed by atoms with van der Waals surface area (Å²) < 4.78 is 43.6. The van der Waals surface area contributed by atoms with Gasteiger partial charge in [-0.1, -0.05) is 30.3 Å². The molecule has 3 rings (SSSR count). The molecule has 0 aliphatic carbocycles. The van der Waals surface area contributed by atoms with Gasteiger partial charge < -0.3 is 19.5 Å². The monoisotopic (exact) mass is 446 g/mol. The molecule has 0 unspecified atom stereocenters. The Hall–Kier alpha value is -2.17. The Morgan fingerprint density at radius 3 is 2.42 bits per heavy atom. The first kappa shape index (κ1) is 25.1. The number of ether oxygens (including phenoxy) is 2. The van der Waals surface area contributed by atoms with Gasteiger partial charge in [0, 0.05) is 39.6 Å². The van der Waals surface area contributed by atoms with Crippen LogP contribution in [0.5, 0.6) is 0 Å². The van der Waals surface area contributed by atoms with E-state index < -0.39 is 12.1 Å². The molecule has 31 heavy (non-hydrogen) atoms. The van der Waals surface area contributed by atoms with E-state index in [1.54, 1.807) is 19.0 Å². The number of nitrogens with zero attached hydrogens (tertiary/aromatic N) is 2. The van der Waals surface area contributed by atoms with Crippen LogP contribution in [0.25, 0.3) is 0 Å². The largest absolute Gasteiger partial charge is 0.490 e. The summed E-state index contributed by atoms with van der Waals surface area (Å²) in [5.41, 5.74) is 1.22. The summed E-state index contributed by atoms with van der Waals surface area (Å²) in [5, 5.41) is 7.12. The minimum absolute atomic E-state index is 0.103. The Morgan fingerprint density at radius 2 is 1.87 bits per heavy atom. The van der Waals surface area contributed by atoms with Crippen LogP contribution in [0.3, 0.4) is 0 Å². The molecule has 3 atom stereocenters. The molecule has 0 aromatic heterocycles. The average Bonchev–Trinajstić information content (AvgIpc) is 3.23. The van der Waals surface area contributed by atoms with Gasteiger partial charge in [-0.15, -0.1) is 0 Å². The molecule has 2 aliphatic rings. The molecule has 2 aliphatic heterocycles. The quantitative estimate of drug-likeness (QED) is 0.648. The van der Waals surface area contributed by atoms with Crippen molar-refractivity contribution in [3.05, 3.63) is 35.9 Å². The fraction of sp³-hybridized carbons (Fsp3) is 0.619. The van der Waals surface area contributed by atoms with Gasteiger partial charge in [0.15, 0.2) is 0 Å². The van der Waals surface area contributed by atoms with Crippen molar-refractivity contribution in [2.45, 2.75) is 37.8 Å². The number of alkyl halides is 3. The summed E-state index contributed by atoms with van der Waals surface area (Å²) in [6.45, 7) is 4.40. The minimum atomic E-state index is -5.08. The normalized spacial score (nSPS) is 23.1. The van der Waals surface area contributed by atoms with E-state index in [0.717, 1.165) is 32.7 Å². The lowest BCUT2D eigenvalue weighted by Crippen LogP contribution is -2.30. The van der Waals surface area contributed by atoms with E-state index in [2.05, 4.69) is 17.0 Å². The van der Waals surface area contributed by atoms with E-state index in [-0.39, 0.29) is 12.0 Å². The van der Waals surface area contributed by atoms with Crippen LogP contribution in [0.2, 0.25) is 0 Å². The van der Waals surface area contributed by atoms with Gasteiger partial charge in [-0.3, -0.25) is 9.69 Å². The standard InChI is InChI=1S/C19H28N2O3.C2HF3O2/c1-20(2)19(22)11-17-10-16-12-21(13-18(16)24-17)8-9-23-14-15-6-4-3-5-7-15;3-2(4,5)1(6)7/h3-7,16-18H,8-14H2,1-2H3;(H,6,7)/t16-,17-,18+;/m0./s1. The number of carbonyl (C=O) groups excluding carboxylic acids is 1. The number of hydrogen-bond acceptors (Lipinski definition) is 5. The maximum atomic E-state index is 11.8. The number of halogens is 3. The third-order valence-electron chi connectivity index (χ3n) is 5.20. The van der Waals surface area contributed by atoms with Gasteiger partial charge >= 0.3 is 12.1 Å². The van der Waals surface area contributed by atoms with Gasteiger partial charge in [-0.25, -0.2) is 4.79 Å². The van der Waals surface area contributed by atoms with Gasteiger partial charge in [0.25, 0.3) is 0 Å². The Labute approximate surface area is 179 Å². The Morgan fingerprint density at radius 1 is 1.23 bits per heavy atom. The van der Waals surface area contributed by atoms with Crippen LogP contribution in [-0.4, -0.2) is 85.5 Å². The van der Waals surface area contributed by atoms with Gasteiger partial charge in [-0.05, 0) is 12.0 Å². The van der Waals surface area contributed by atoms with Crippen molar-refractivity contribution in [2.75, 3.05) is 40.3 Å². The van der Waals surface area contributed by atoms with Crippen LogP contribution in [0.4, 0.5) is 13.2 Å². The van der Waals surface area contributed by atoms with E-state index in [4.69, 9.17) is 19.4 Å². The van der Waals surface area contributed by atoms with Crippen molar-refractivity contribution < 1.29 is 37.3 Å². The molecule has 2 heterocycles. The van der Waals surface area contributed by atoms with Crippen molar-refractivity contribution in [2.24, 2.45) is 5.92 Å². The third-order valence-corrected chi connectivity index (χ3v) is 5.20. The van der Waals surface area contributed by atoms with Crippen LogP contribution in [0.1, 0.15) is 18.4 Å². The zero-order valence-electron chi connectivity index (χ0n) is 17.7. The highest BCUT2D eigenvalue weighted by atomic mass is 19.4. The number of aliphatic carboxylic acids is 1. The number of rotatable bonds is 7. The van der Waals surface area contributed by atoms with E-state index >= 15 is 0 Å². The van der Waals surface area contributed by atoms with Crippen molar-refractivity contribution in [1.29, 1.82) is 0 Å². The predicted molar refractivity (Wildman–Crippen MR) is 106 cm³/mol. The molecule has 1 aromatic carbocycles. The molecular weight excluding hydrogens is 417 g/mol. The summed E-state index contributed by atoms with van der Waals surface area (Å²) >= 11 is 0. The van der Waals surface area contributed by atoms with Gasteiger partial charge in [-0.2, -0.15) is 13.2 Å². The molecule has 0 radical (unpaired) electrons. The van der Waals surface area contributed by atoms with Crippen molar-refractivity contribution in [1.82, 2.24) is 9.80 Å². The van der Waals surface area contributed by atoms with Crippen LogP contribution in [0, 0.1) is 5.92 Å². The lowest BCUT2D eigenvalue weighted by Gasteiger charge is -2.19. The Bertz CT molecular complexity index is 701. The molecule has 10 heteroatoms. The van der Waals surface area contributed by atoms with E-state index in [9.17, 15) is 18.0 Å². The molecule has 7 nitrogen and oxygen atoms in total. The Balaban J connectivity index is 0.000000423. The van der Waals surface area contributed by atoms with E-state index in [1.807, 2.05) is 18.2 Å². The summed E-state index contributed by atoms with van der Waals surface area (Å²) in [4.78, 5) is 24.8. The lowest BCUT2D eigenvalue weighted by molar-refractivity contribution is -0.192. The molecule has 2 fully saturated rings. The lowest BCUT2D eigenvalue weighted by atomic mass is 10.0. The second-order valence-corrected chi connectivity index (χ2v) is 7.89. The maximum absolute atomic E-state index is 11.8. The first-order valence-corrected chi connectivity index (χ1v) is 10.1. The molecule has 0 saturated carbocycles. The molecule has 2 saturated heterocycles. The number of carboxylic acids is 1. The van der Waals surface area contributed by atoms with Crippen LogP contribution < -0.4 is 0 Å². The molecule has 0 bridgehead atoms. The zero-order chi connectivity index (χ0) is 23.0. The predicted octanol–water partition coefficient (Wildman–Crippen LogP) is 2.40. The Kier molecular flexibility index (Phi) is 9.27. The highest BCUT2D eigenvalue weighted by molar-refractivity contribution is 5.76. The van der Waals surface area contributed by atoms with E-state index in [1.165, 1.54) is 5.56 Å². The fourth-order valence-corrected chi connectivity index (χ4v) is 3.60. The molecule has 1 aromatic rings. The highest BCUT2D eigenvalue weighted by Gasteiger charge is 2.42. The first-order chi connectivity index (χ1) is 14.6. The van der Waals surface area contributed by atoms with Gasteiger partial charge in [0.2, 0.25) is 5.91 Å². The molecule has 0 spiro atoms. The molecule has 1 amide bonds. The second-order valence-electron chi connectivity index (χ2n) is 7.89. The number of carboxylic acid groups (broad SMARTS) is 1. The topological polar surface area (TPSA) is 79.3 Å². The number of carbonyl (C=O) groups is 2. The van der Waals surface area contributed by atoms with Gasteiger partial charge in [0.05, 0.1) is 31.8 Å². The number of fused-ring (bicyclic) bond motifs is 1. The van der Waals surface area contributed by atoms with Crippen LogP contribution in [-0.2, 0) is 25.7 Å². The summed E-state index contributed by atoms with van der Waals surface area (Å²) in [6.07, 6.45) is -3.17. The van der Waals surface area contributed by atoms with Gasteiger partial charge in [0.1, 0.15) is 0 Å². The minimum Gasteiger partial charge on any atom is -0.475 e. The van der Waals surface area contributed by atoms with Crippen molar-refractivity contribution in [3.8, 4) is 0 Å². The number of hydrogen-bond donors (Lipinski definition) is 1.